The number of terminal acetylenes is 1. The van der Waals surface area contributed by atoms with Gasteiger partial charge < -0.3 is 5.32 Å². The van der Waals surface area contributed by atoms with Crippen LogP contribution in [0, 0.1) is 19.3 Å². The summed E-state index contributed by atoms with van der Waals surface area (Å²) >= 11 is 0. The van der Waals surface area contributed by atoms with Crippen molar-refractivity contribution in [2.24, 2.45) is 0 Å². The number of amides is 1. The van der Waals surface area contributed by atoms with Crippen LogP contribution in [-0.2, 0) is 0 Å². The second-order valence-corrected chi connectivity index (χ2v) is 6.98. The van der Waals surface area contributed by atoms with Gasteiger partial charge in [-0.2, -0.15) is 0 Å². The van der Waals surface area contributed by atoms with Crippen LogP contribution < -0.4 is 10.9 Å². The van der Waals surface area contributed by atoms with Crippen LogP contribution in [0.1, 0.15) is 40.5 Å². The van der Waals surface area contributed by atoms with Crippen LogP contribution in [0.15, 0.2) is 65.7 Å². The maximum absolute atomic E-state index is 13.5. The predicted molar refractivity (Wildman–Crippen MR) is 118 cm³/mol. The normalized spacial score (nSPS) is 11.6. The fraction of sp³-hybridized carbons (Fsp3) is 0.125. The van der Waals surface area contributed by atoms with Gasteiger partial charge in [-0.25, -0.2) is 9.97 Å². The molecule has 31 heavy (non-hydrogen) atoms. The molecule has 0 aliphatic rings. The fourth-order valence-electron chi connectivity index (χ4n) is 3.44. The SMILES string of the molecule is C#Cc1cccc2nc([C@@H](C)NC(=O)c3nccnc3C)n(-c3ccccc3)c(=O)c12. The number of benzene rings is 2. The quantitative estimate of drug-likeness (QED) is 0.524. The first kappa shape index (κ1) is 20.0. The van der Waals surface area contributed by atoms with E-state index in [0.29, 0.717) is 33.7 Å². The van der Waals surface area contributed by atoms with E-state index in [1.807, 2.05) is 18.2 Å². The maximum Gasteiger partial charge on any atom is 0.272 e. The largest absolute Gasteiger partial charge is 0.341 e. The van der Waals surface area contributed by atoms with Crippen LogP contribution in [0.2, 0.25) is 0 Å². The molecule has 0 fully saturated rings. The van der Waals surface area contributed by atoms with Crippen LogP contribution in [0.25, 0.3) is 16.6 Å². The number of para-hydroxylation sites is 1. The standard InChI is InChI=1S/C24H19N5O2/c1-4-17-9-8-12-19-20(17)24(31)29(18-10-6-5-7-11-18)22(28-19)16(3)27-23(30)21-15(2)25-13-14-26-21/h1,5-14,16H,2-3H3,(H,27,30)/t16-/m1/s1. The molecule has 2 aromatic carbocycles. The Kier molecular flexibility index (Phi) is 5.29. The van der Waals surface area contributed by atoms with E-state index in [1.165, 1.54) is 17.0 Å². The fourth-order valence-corrected chi connectivity index (χ4v) is 3.44. The molecule has 152 valence electrons. The van der Waals surface area contributed by atoms with Gasteiger partial charge in [-0.3, -0.25) is 19.1 Å². The number of hydrogen-bond acceptors (Lipinski definition) is 5. The highest BCUT2D eigenvalue weighted by molar-refractivity contribution is 5.93. The smallest absolute Gasteiger partial charge is 0.272 e. The summed E-state index contributed by atoms with van der Waals surface area (Å²) in [5, 5.41) is 3.24. The Bertz CT molecular complexity index is 1390. The van der Waals surface area contributed by atoms with Crippen molar-refractivity contribution in [3.63, 3.8) is 0 Å². The van der Waals surface area contributed by atoms with Crippen molar-refractivity contribution in [3.8, 4) is 18.0 Å². The zero-order valence-corrected chi connectivity index (χ0v) is 17.0. The van der Waals surface area contributed by atoms with Crippen LogP contribution in [-0.4, -0.2) is 25.4 Å². The number of nitrogens with zero attached hydrogens (tertiary/aromatic N) is 4. The molecule has 1 N–H and O–H groups in total. The second kappa shape index (κ2) is 8.20. The summed E-state index contributed by atoms with van der Waals surface area (Å²) in [6.45, 7) is 3.48. The molecule has 0 aliphatic carbocycles. The van der Waals surface area contributed by atoms with Crippen molar-refractivity contribution in [3.05, 3.63) is 94.1 Å². The van der Waals surface area contributed by atoms with Gasteiger partial charge in [0.05, 0.1) is 28.3 Å². The number of carbonyl (C=O) groups is 1. The topological polar surface area (TPSA) is 89.8 Å². The average molecular weight is 409 g/mol. The van der Waals surface area contributed by atoms with Crippen molar-refractivity contribution >= 4 is 16.8 Å². The Morgan fingerprint density at radius 2 is 1.84 bits per heavy atom. The van der Waals surface area contributed by atoms with E-state index in [4.69, 9.17) is 11.4 Å². The maximum atomic E-state index is 13.5. The first-order valence-corrected chi connectivity index (χ1v) is 9.67. The molecule has 0 saturated carbocycles. The lowest BCUT2D eigenvalue weighted by Gasteiger charge is -2.20. The number of rotatable bonds is 4. The number of aromatic nitrogens is 4. The van der Waals surface area contributed by atoms with E-state index in [-0.39, 0.29) is 11.3 Å². The summed E-state index contributed by atoms with van der Waals surface area (Å²) in [7, 11) is 0. The lowest BCUT2D eigenvalue weighted by molar-refractivity contribution is 0.0931. The molecule has 0 unspecified atom stereocenters. The van der Waals surface area contributed by atoms with Crippen LogP contribution in [0.3, 0.4) is 0 Å². The van der Waals surface area contributed by atoms with Crippen molar-refractivity contribution in [1.82, 2.24) is 24.8 Å². The van der Waals surface area contributed by atoms with Crippen molar-refractivity contribution < 1.29 is 4.79 Å². The van der Waals surface area contributed by atoms with E-state index < -0.39 is 11.9 Å². The number of fused-ring (bicyclic) bond motifs is 1. The summed E-state index contributed by atoms with van der Waals surface area (Å²) in [5.41, 5.74) is 2.01. The summed E-state index contributed by atoms with van der Waals surface area (Å²) in [5.74, 6) is 2.54. The number of hydrogen-bond donors (Lipinski definition) is 1. The Balaban J connectivity index is 1.89. The van der Waals surface area contributed by atoms with Crippen molar-refractivity contribution in [2.75, 3.05) is 0 Å². The molecule has 0 aliphatic heterocycles. The van der Waals surface area contributed by atoms with Gasteiger partial charge in [0, 0.05) is 18.0 Å². The molecular formula is C24H19N5O2. The van der Waals surface area contributed by atoms with Gasteiger partial charge in [-0.15, -0.1) is 6.42 Å². The zero-order chi connectivity index (χ0) is 22.0. The van der Waals surface area contributed by atoms with Crippen molar-refractivity contribution in [1.29, 1.82) is 0 Å². The Labute approximate surface area is 178 Å². The van der Waals surface area contributed by atoms with Gasteiger partial charge in [0.15, 0.2) is 0 Å². The summed E-state index contributed by atoms with van der Waals surface area (Å²) in [6, 6.07) is 13.7. The third-order valence-electron chi connectivity index (χ3n) is 4.92. The third kappa shape index (κ3) is 3.67. The van der Waals surface area contributed by atoms with Crippen LogP contribution in [0.4, 0.5) is 0 Å². The third-order valence-corrected chi connectivity index (χ3v) is 4.92. The highest BCUT2D eigenvalue weighted by Gasteiger charge is 2.22. The molecule has 7 heteroatoms. The predicted octanol–water partition coefficient (Wildman–Crippen LogP) is 2.96. The number of nitrogens with one attached hydrogen (secondary N) is 1. The van der Waals surface area contributed by atoms with Gasteiger partial charge in [0.2, 0.25) is 0 Å². The molecule has 1 atom stereocenters. The first-order valence-electron chi connectivity index (χ1n) is 9.67. The summed E-state index contributed by atoms with van der Waals surface area (Å²) in [6.07, 6.45) is 8.60. The minimum absolute atomic E-state index is 0.221. The van der Waals surface area contributed by atoms with Crippen LogP contribution in [0.5, 0.6) is 0 Å². The van der Waals surface area contributed by atoms with Gasteiger partial charge in [0.1, 0.15) is 11.5 Å². The molecule has 0 bridgehead atoms. The molecule has 2 aromatic heterocycles. The molecular weight excluding hydrogens is 390 g/mol. The lowest BCUT2D eigenvalue weighted by atomic mass is 10.1. The molecule has 2 heterocycles. The highest BCUT2D eigenvalue weighted by atomic mass is 16.2. The zero-order valence-electron chi connectivity index (χ0n) is 17.0. The molecule has 0 spiro atoms. The Morgan fingerprint density at radius 3 is 2.55 bits per heavy atom. The van der Waals surface area contributed by atoms with E-state index in [0.717, 1.165) is 0 Å². The van der Waals surface area contributed by atoms with E-state index in [2.05, 4.69) is 21.2 Å². The lowest BCUT2D eigenvalue weighted by Crippen LogP contribution is -2.34. The number of carbonyl (C=O) groups excluding carboxylic acids is 1. The Morgan fingerprint density at radius 1 is 1.10 bits per heavy atom. The van der Waals surface area contributed by atoms with Crippen molar-refractivity contribution in [2.45, 2.75) is 19.9 Å². The van der Waals surface area contributed by atoms with Gasteiger partial charge in [-0.05, 0) is 38.1 Å². The van der Waals surface area contributed by atoms with Gasteiger partial charge >= 0.3 is 0 Å². The summed E-state index contributed by atoms with van der Waals surface area (Å²) in [4.78, 5) is 39.3. The highest BCUT2D eigenvalue weighted by Crippen LogP contribution is 2.20. The van der Waals surface area contributed by atoms with Gasteiger partial charge in [0.25, 0.3) is 11.5 Å². The van der Waals surface area contributed by atoms with Gasteiger partial charge in [-0.1, -0.05) is 30.2 Å². The molecule has 4 rings (SSSR count). The molecule has 4 aromatic rings. The monoisotopic (exact) mass is 409 g/mol. The first-order chi connectivity index (χ1) is 15.0. The molecule has 0 radical (unpaired) electrons. The second-order valence-electron chi connectivity index (χ2n) is 6.98. The van der Waals surface area contributed by atoms with E-state index >= 15 is 0 Å². The molecule has 1 amide bonds. The minimum Gasteiger partial charge on any atom is -0.341 e. The molecule has 0 saturated heterocycles. The molecule has 7 nitrogen and oxygen atoms in total. The van der Waals surface area contributed by atoms with Crippen LogP contribution >= 0.6 is 0 Å². The average Bonchev–Trinajstić information content (AvgIpc) is 2.79. The van der Waals surface area contributed by atoms with E-state index in [9.17, 15) is 9.59 Å². The summed E-state index contributed by atoms with van der Waals surface area (Å²) < 4.78 is 1.48. The van der Waals surface area contributed by atoms with E-state index in [1.54, 1.807) is 44.2 Å². The number of aryl methyl sites for hydroxylation is 1. The minimum atomic E-state index is -0.597. The Hall–Kier alpha value is -4.31.